The summed E-state index contributed by atoms with van der Waals surface area (Å²) >= 11 is 0. The van der Waals surface area contributed by atoms with Crippen LogP contribution in [0.4, 0.5) is 4.79 Å². The quantitative estimate of drug-likeness (QED) is 0.811. The number of likely N-dealkylation sites (tertiary alicyclic amines) is 1. The van der Waals surface area contributed by atoms with E-state index < -0.39 is 11.7 Å². The molecule has 1 aromatic carbocycles. The highest BCUT2D eigenvalue weighted by atomic mass is 16.5. The molecule has 0 saturated carbocycles. The molecule has 0 radical (unpaired) electrons. The molecular weight excluding hydrogens is 294 g/mol. The van der Waals surface area contributed by atoms with Crippen molar-refractivity contribution in [3.8, 4) is 17.5 Å². The zero-order chi connectivity index (χ0) is 16.0. The highest BCUT2D eigenvalue weighted by Crippen LogP contribution is 2.45. The molecule has 1 aromatic heterocycles. The number of para-hydroxylation sites is 2. The Bertz CT molecular complexity index is 826. The van der Waals surface area contributed by atoms with E-state index in [9.17, 15) is 10.1 Å². The molecule has 0 unspecified atom stereocenters. The van der Waals surface area contributed by atoms with Gasteiger partial charge in [0.05, 0.1) is 11.4 Å². The number of piperidine rings is 1. The molecule has 116 valence electrons. The third kappa shape index (κ3) is 1.90. The van der Waals surface area contributed by atoms with Crippen molar-refractivity contribution in [2.75, 3.05) is 13.1 Å². The Hall–Kier alpha value is -2.94. The summed E-state index contributed by atoms with van der Waals surface area (Å²) < 4.78 is 8.26. The first kappa shape index (κ1) is 13.7. The van der Waals surface area contributed by atoms with Crippen LogP contribution in [0.3, 0.4) is 0 Å². The third-order valence-corrected chi connectivity index (χ3v) is 4.72. The largest absolute Gasteiger partial charge is 0.479 e. The average Bonchev–Trinajstić information content (AvgIpc) is 3.01. The summed E-state index contributed by atoms with van der Waals surface area (Å²) in [5.74, 6) is 0.733. The van der Waals surface area contributed by atoms with Crippen LogP contribution in [0.25, 0.3) is 5.69 Å². The molecule has 0 bridgehead atoms. The molecule has 1 spiro atoms. The van der Waals surface area contributed by atoms with Crippen molar-refractivity contribution in [3.05, 3.63) is 47.8 Å². The van der Waals surface area contributed by atoms with Crippen LogP contribution in [0.2, 0.25) is 0 Å². The lowest BCUT2D eigenvalue weighted by Gasteiger charge is -2.44. The molecule has 23 heavy (non-hydrogen) atoms. The zero-order valence-electron chi connectivity index (χ0n) is 12.4. The van der Waals surface area contributed by atoms with Crippen LogP contribution >= 0.6 is 0 Å². The summed E-state index contributed by atoms with van der Waals surface area (Å²) in [7, 11) is 0. The fraction of sp³-hybridized carbons (Fsp3) is 0.294. The van der Waals surface area contributed by atoms with Gasteiger partial charge in [0.2, 0.25) is 0 Å². The Morgan fingerprint density at radius 3 is 2.65 bits per heavy atom. The molecule has 0 atom stereocenters. The van der Waals surface area contributed by atoms with Crippen molar-refractivity contribution in [1.29, 1.82) is 5.26 Å². The van der Waals surface area contributed by atoms with Gasteiger partial charge in [-0.25, -0.2) is 4.79 Å². The number of nitriles is 1. The number of hydrogen-bond acceptors (Lipinski definition) is 3. The van der Waals surface area contributed by atoms with Gasteiger partial charge in [0, 0.05) is 25.9 Å². The van der Waals surface area contributed by atoms with Crippen LogP contribution in [0, 0.1) is 11.3 Å². The van der Waals surface area contributed by atoms with Gasteiger partial charge < -0.3 is 14.7 Å². The molecule has 2 aliphatic rings. The highest BCUT2D eigenvalue weighted by molar-refractivity contribution is 5.65. The fourth-order valence-electron chi connectivity index (χ4n) is 3.55. The Balaban J connectivity index is 1.82. The molecule has 4 rings (SSSR count). The maximum atomic E-state index is 11.2. The Morgan fingerprint density at radius 2 is 1.96 bits per heavy atom. The van der Waals surface area contributed by atoms with Crippen LogP contribution < -0.4 is 4.74 Å². The monoisotopic (exact) mass is 309 g/mol. The SMILES string of the molecule is N#Cc1ccc2n1-c1ccccc1OC21CCN(C(=O)O)CC1. The van der Waals surface area contributed by atoms with Crippen LogP contribution in [-0.4, -0.2) is 33.8 Å². The molecule has 1 fully saturated rings. The van der Waals surface area contributed by atoms with Crippen molar-refractivity contribution < 1.29 is 14.6 Å². The maximum Gasteiger partial charge on any atom is 0.407 e. The molecule has 1 N–H and O–H groups in total. The molecule has 2 aliphatic heterocycles. The molecule has 1 saturated heterocycles. The van der Waals surface area contributed by atoms with Gasteiger partial charge in [-0.05, 0) is 24.3 Å². The second-order valence-corrected chi connectivity index (χ2v) is 5.88. The first-order valence-electron chi connectivity index (χ1n) is 7.53. The van der Waals surface area contributed by atoms with E-state index in [4.69, 9.17) is 9.84 Å². The summed E-state index contributed by atoms with van der Waals surface area (Å²) in [5, 5.41) is 18.6. The second kappa shape index (κ2) is 4.78. The van der Waals surface area contributed by atoms with Crippen molar-refractivity contribution in [2.45, 2.75) is 18.4 Å². The Morgan fingerprint density at radius 1 is 1.22 bits per heavy atom. The highest BCUT2D eigenvalue weighted by Gasteiger charge is 2.45. The molecule has 6 heteroatoms. The zero-order valence-corrected chi connectivity index (χ0v) is 12.4. The van der Waals surface area contributed by atoms with E-state index in [0.717, 1.165) is 17.1 Å². The number of amides is 1. The van der Waals surface area contributed by atoms with Gasteiger partial charge in [0.25, 0.3) is 0 Å². The molecule has 2 aromatic rings. The van der Waals surface area contributed by atoms with Gasteiger partial charge in [-0.1, -0.05) is 12.1 Å². The van der Waals surface area contributed by atoms with Crippen molar-refractivity contribution in [2.24, 2.45) is 0 Å². The Labute approximate surface area is 133 Å². The third-order valence-electron chi connectivity index (χ3n) is 4.72. The van der Waals surface area contributed by atoms with Gasteiger partial charge in [0.15, 0.2) is 5.60 Å². The summed E-state index contributed by atoms with van der Waals surface area (Å²) in [6.07, 6.45) is 0.245. The lowest BCUT2D eigenvalue weighted by atomic mass is 9.86. The maximum absolute atomic E-state index is 11.2. The van der Waals surface area contributed by atoms with Crippen molar-refractivity contribution >= 4 is 6.09 Å². The minimum atomic E-state index is -0.899. The molecular formula is C17H15N3O3. The van der Waals surface area contributed by atoms with E-state index in [1.807, 2.05) is 34.9 Å². The van der Waals surface area contributed by atoms with Gasteiger partial charge in [-0.3, -0.25) is 4.57 Å². The van der Waals surface area contributed by atoms with E-state index >= 15 is 0 Å². The lowest BCUT2D eigenvalue weighted by molar-refractivity contribution is -0.00898. The van der Waals surface area contributed by atoms with Crippen LogP contribution in [0.5, 0.6) is 5.75 Å². The van der Waals surface area contributed by atoms with E-state index in [0.29, 0.717) is 31.6 Å². The van der Waals surface area contributed by atoms with E-state index in [1.54, 1.807) is 6.07 Å². The van der Waals surface area contributed by atoms with Gasteiger partial charge >= 0.3 is 6.09 Å². The predicted molar refractivity (Wildman–Crippen MR) is 81.6 cm³/mol. The molecule has 6 nitrogen and oxygen atoms in total. The number of nitrogens with zero attached hydrogens (tertiary/aromatic N) is 3. The number of rotatable bonds is 0. The first-order valence-corrected chi connectivity index (χ1v) is 7.53. The fourth-order valence-corrected chi connectivity index (χ4v) is 3.55. The van der Waals surface area contributed by atoms with Crippen LogP contribution in [0.15, 0.2) is 36.4 Å². The minimum Gasteiger partial charge on any atom is -0.479 e. The number of benzene rings is 1. The van der Waals surface area contributed by atoms with Crippen molar-refractivity contribution in [3.63, 3.8) is 0 Å². The number of hydrogen-bond donors (Lipinski definition) is 1. The van der Waals surface area contributed by atoms with Gasteiger partial charge in [-0.15, -0.1) is 0 Å². The average molecular weight is 309 g/mol. The van der Waals surface area contributed by atoms with Crippen LogP contribution in [0.1, 0.15) is 24.2 Å². The number of ether oxygens (including phenoxy) is 1. The van der Waals surface area contributed by atoms with Crippen molar-refractivity contribution in [1.82, 2.24) is 9.47 Å². The van der Waals surface area contributed by atoms with Gasteiger partial charge in [-0.2, -0.15) is 5.26 Å². The topological polar surface area (TPSA) is 78.5 Å². The van der Waals surface area contributed by atoms with Crippen LogP contribution in [-0.2, 0) is 5.60 Å². The molecule has 0 aliphatic carbocycles. The molecule has 3 heterocycles. The number of carbonyl (C=O) groups is 1. The minimum absolute atomic E-state index is 0.421. The lowest BCUT2D eigenvalue weighted by Crippen LogP contribution is -2.49. The smallest absolute Gasteiger partial charge is 0.407 e. The Kier molecular flexibility index (Phi) is 2.85. The number of fused-ring (bicyclic) bond motifs is 4. The number of carboxylic acid groups (broad SMARTS) is 1. The molecule has 1 amide bonds. The van der Waals surface area contributed by atoms with Gasteiger partial charge in [0.1, 0.15) is 17.5 Å². The second-order valence-electron chi connectivity index (χ2n) is 5.88. The predicted octanol–water partition coefficient (Wildman–Crippen LogP) is 2.71. The number of aromatic nitrogens is 1. The van der Waals surface area contributed by atoms with E-state index in [-0.39, 0.29) is 0 Å². The first-order chi connectivity index (χ1) is 11.1. The summed E-state index contributed by atoms with van der Waals surface area (Å²) in [6, 6.07) is 13.6. The normalized spacial score (nSPS) is 17.8. The summed E-state index contributed by atoms with van der Waals surface area (Å²) in [4.78, 5) is 12.6. The van der Waals surface area contributed by atoms with E-state index in [1.165, 1.54) is 4.90 Å². The summed E-state index contributed by atoms with van der Waals surface area (Å²) in [5.41, 5.74) is 1.78. The van der Waals surface area contributed by atoms with E-state index in [2.05, 4.69) is 6.07 Å². The standard InChI is InChI=1S/C17H15N3O3/c18-11-12-5-6-15-17(7-9-19(10-8-17)16(21)22)23-14-4-2-1-3-13(14)20(12)15/h1-6H,7-10H2,(H,21,22). The summed E-state index contributed by atoms with van der Waals surface area (Å²) in [6.45, 7) is 0.842.